The van der Waals surface area contributed by atoms with Gasteiger partial charge in [0.15, 0.2) is 0 Å². The molecule has 0 radical (unpaired) electrons. The molecule has 1 aliphatic heterocycles. The van der Waals surface area contributed by atoms with Crippen molar-refractivity contribution in [1.82, 2.24) is 4.31 Å². The van der Waals surface area contributed by atoms with Gasteiger partial charge in [-0.05, 0) is 6.42 Å². The number of hydrogen-bond donors (Lipinski definition) is 0. The monoisotopic (exact) mass is 259 g/mol. The van der Waals surface area contributed by atoms with Gasteiger partial charge in [-0.1, -0.05) is 36.5 Å². The van der Waals surface area contributed by atoms with Crippen molar-refractivity contribution < 1.29 is 13.2 Å². The molecule has 16 heavy (non-hydrogen) atoms. The van der Waals surface area contributed by atoms with Crippen LogP contribution in [0.5, 0.6) is 0 Å². The lowest BCUT2D eigenvalue weighted by Crippen LogP contribution is -2.60. The molecule has 4 nitrogen and oxygen atoms in total. The lowest BCUT2D eigenvalue weighted by molar-refractivity contribution is -0.140. The SMILES string of the molecule is O=C1[C@H]2/C=C\C/C=C\C=C/[C@H]2N1S(=O)(=O)Cl. The van der Waals surface area contributed by atoms with Crippen LogP contribution in [-0.2, 0) is 14.0 Å². The van der Waals surface area contributed by atoms with E-state index in [9.17, 15) is 13.2 Å². The van der Waals surface area contributed by atoms with E-state index < -0.39 is 27.1 Å². The molecule has 1 heterocycles. The summed E-state index contributed by atoms with van der Waals surface area (Å²) >= 11 is 0. The highest BCUT2D eigenvalue weighted by molar-refractivity contribution is 8.12. The van der Waals surface area contributed by atoms with E-state index >= 15 is 0 Å². The molecule has 86 valence electrons. The maximum atomic E-state index is 11.6. The molecular formula is C10H10ClNO3S. The summed E-state index contributed by atoms with van der Waals surface area (Å²) in [6, 6.07) is -0.492. The first-order valence-electron chi connectivity index (χ1n) is 4.79. The molecule has 1 amide bonds. The number of hydrogen-bond acceptors (Lipinski definition) is 3. The van der Waals surface area contributed by atoms with Gasteiger partial charge in [-0.3, -0.25) is 4.79 Å². The van der Waals surface area contributed by atoms with Crippen molar-refractivity contribution >= 4 is 25.8 Å². The van der Waals surface area contributed by atoms with Crippen LogP contribution in [0.3, 0.4) is 0 Å². The summed E-state index contributed by atoms with van der Waals surface area (Å²) in [7, 11) is 1.21. The molecular weight excluding hydrogens is 250 g/mol. The second-order valence-electron chi connectivity index (χ2n) is 3.57. The Balaban J connectivity index is 2.33. The largest absolute Gasteiger partial charge is 0.324 e. The number of nitrogens with zero attached hydrogens (tertiary/aromatic N) is 1. The minimum atomic E-state index is -3.98. The van der Waals surface area contributed by atoms with E-state index in [2.05, 4.69) is 0 Å². The van der Waals surface area contributed by atoms with Gasteiger partial charge in [-0.2, -0.15) is 8.42 Å². The van der Waals surface area contributed by atoms with Crippen molar-refractivity contribution in [2.45, 2.75) is 12.5 Å². The average molecular weight is 260 g/mol. The van der Waals surface area contributed by atoms with Gasteiger partial charge in [0, 0.05) is 10.7 Å². The van der Waals surface area contributed by atoms with E-state index in [1.54, 1.807) is 18.2 Å². The fraction of sp³-hybridized carbons (Fsp3) is 0.300. The van der Waals surface area contributed by atoms with E-state index in [0.717, 1.165) is 6.42 Å². The van der Waals surface area contributed by atoms with E-state index in [0.29, 0.717) is 4.31 Å². The third kappa shape index (κ3) is 1.92. The maximum absolute atomic E-state index is 11.6. The first-order chi connectivity index (χ1) is 7.52. The first kappa shape index (κ1) is 11.4. The van der Waals surface area contributed by atoms with Crippen molar-refractivity contribution in [3.8, 4) is 0 Å². The summed E-state index contributed by atoms with van der Waals surface area (Å²) in [4.78, 5) is 11.6. The van der Waals surface area contributed by atoms with Crippen LogP contribution in [0, 0.1) is 5.92 Å². The highest BCUT2D eigenvalue weighted by Crippen LogP contribution is 2.33. The lowest BCUT2D eigenvalue weighted by Gasteiger charge is -2.41. The number of β-lactam (4-membered cyclic amide) rings is 1. The van der Waals surface area contributed by atoms with Gasteiger partial charge in [-0.25, -0.2) is 4.31 Å². The van der Waals surface area contributed by atoms with Crippen LogP contribution in [-0.4, -0.2) is 24.7 Å². The smallest absolute Gasteiger partial charge is 0.273 e. The zero-order valence-corrected chi connectivity index (χ0v) is 9.86. The molecule has 1 fully saturated rings. The Kier molecular flexibility index (Phi) is 2.90. The van der Waals surface area contributed by atoms with Gasteiger partial charge in [0.1, 0.15) is 0 Å². The Morgan fingerprint density at radius 3 is 2.69 bits per heavy atom. The number of fused-ring (bicyclic) bond motifs is 1. The Hall–Kier alpha value is -1.07. The Labute approximate surface area is 98.4 Å². The van der Waals surface area contributed by atoms with Crippen LogP contribution in [0.2, 0.25) is 0 Å². The van der Waals surface area contributed by atoms with Crippen LogP contribution in [0.1, 0.15) is 6.42 Å². The molecule has 0 spiro atoms. The van der Waals surface area contributed by atoms with Crippen LogP contribution in [0.25, 0.3) is 0 Å². The van der Waals surface area contributed by atoms with E-state index in [1.165, 1.54) is 0 Å². The molecule has 0 aromatic rings. The first-order valence-corrected chi connectivity index (χ1v) is 7.06. The van der Waals surface area contributed by atoms with E-state index in [4.69, 9.17) is 10.7 Å². The van der Waals surface area contributed by atoms with E-state index in [-0.39, 0.29) is 0 Å². The molecule has 0 aromatic heterocycles. The van der Waals surface area contributed by atoms with Gasteiger partial charge in [0.25, 0.3) is 0 Å². The van der Waals surface area contributed by atoms with Gasteiger partial charge in [0.05, 0.1) is 12.0 Å². The summed E-state index contributed by atoms with van der Waals surface area (Å²) in [5.41, 5.74) is 0. The van der Waals surface area contributed by atoms with E-state index in [1.807, 2.05) is 18.2 Å². The molecule has 6 heteroatoms. The van der Waals surface area contributed by atoms with Gasteiger partial charge >= 0.3 is 9.24 Å². The van der Waals surface area contributed by atoms with Crippen molar-refractivity contribution in [1.29, 1.82) is 0 Å². The van der Waals surface area contributed by atoms with Crippen LogP contribution >= 0.6 is 10.7 Å². The number of amides is 1. The summed E-state index contributed by atoms with van der Waals surface area (Å²) in [5, 5.41) is 0. The average Bonchev–Trinajstić information content (AvgIpc) is 2.25. The molecule has 0 bridgehead atoms. The zero-order chi connectivity index (χ0) is 11.8. The van der Waals surface area contributed by atoms with Crippen LogP contribution < -0.4 is 0 Å². The summed E-state index contributed by atoms with van der Waals surface area (Å²) in [6.07, 6.45) is 11.4. The molecule has 2 rings (SSSR count). The topological polar surface area (TPSA) is 54.5 Å². The van der Waals surface area contributed by atoms with Gasteiger partial charge in [0.2, 0.25) is 5.91 Å². The number of allylic oxidation sites excluding steroid dienone is 4. The number of carbonyl (C=O) groups is 1. The minimum Gasteiger partial charge on any atom is -0.273 e. The predicted molar refractivity (Wildman–Crippen MR) is 60.9 cm³/mol. The summed E-state index contributed by atoms with van der Waals surface area (Å²) in [6.45, 7) is 0. The van der Waals surface area contributed by atoms with Crippen LogP contribution in [0.15, 0.2) is 36.5 Å². The third-order valence-electron chi connectivity index (χ3n) is 2.55. The second kappa shape index (κ2) is 4.07. The molecule has 1 saturated heterocycles. The zero-order valence-electron chi connectivity index (χ0n) is 8.28. The highest BCUT2D eigenvalue weighted by Gasteiger charge is 2.50. The fourth-order valence-electron chi connectivity index (χ4n) is 1.79. The molecule has 0 N–H and O–H groups in total. The number of rotatable bonds is 1. The Morgan fingerprint density at radius 1 is 1.25 bits per heavy atom. The molecule has 2 atom stereocenters. The molecule has 1 aliphatic carbocycles. The van der Waals surface area contributed by atoms with Crippen molar-refractivity contribution in [2.24, 2.45) is 5.92 Å². The fourth-order valence-corrected chi connectivity index (χ4v) is 3.10. The van der Waals surface area contributed by atoms with Crippen LogP contribution in [0.4, 0.5) is 0 Å². The van der Waals surface area contributed by atoms with Crippen molar-refractivity contribution in [3.05, 3.63) is 36.5 Å². The van der Waals surface area contributed by atoms with Gasteiger partial charge < -0.3 is 0 Å². The predicted octanol–water partition coefficient (Wildman–Crippen LogP) is 1.37. The third-order valence-corrected chi connectivity index (χ3v) is 3.89. The summed E-state index contributed by atoms with van der Waals surface area (Å²) < 4.78 is 23.0. The summed E-state index contributed by atoms with van der Waals surface area (Å²) in [5.74, 6) is -0.882. The number of halogens is 1. The highest BCUT2D eigenvalue weighted by atomic mass is 35.7. The van der Waals surface area contributed by atoms with Gasteiger partial charge in [-0.15, -0.1) is 0 Å². The normalized spacial score (nSPS) is 35.1. The minimum absolute atomic E-state index is 0.412. The maximum Gasteiger partial charge on any atom is 0.324 e. The standard InChI is InChI=1S/C10H10ClNO3S/c11-16(14,15)12-9-7-5-3-1-2-4-6-8(9)10(12)13/h1,3-9H,2H2/b3-1-,6-4-,7-5-/t8-,9+/m0/s1. The molecule has 0 aromatic carbocycles. The Bertz CT molecular complexity index is 492. The van der Waals surface area contributed by atoms with Crippen molar-refractivity contribution in [2.75, 3.05) is 0 Å². The molecule has 0 unspecified atom stereocenters. The van der Waals surface area contributed by atoms with Crippen molar-refractivity contribution in [3.63, 3.8) is 0 Å². The second-order valence-corrected chi connectivity index (χ2v) is 5.96. The molecule has 2 aliphatic rings. The quantitative estimate of drug-likeness (QED) is 0.406. The Morgan fingerprint density at radius 2 is 2.00 bits per heavy atom. The number of carbonyl (C=O) groups excluding carboxylic acids is 1. The lowest BCUT2D eigenvalue weighted by atomic mass is 9.89. The molecule has 0 saturated carbocycles.